The molecule has 1 unspecified atom stereocenters. The van der Waals surface area contributed by atoms with Crippen molar-refractivity contribution >= 4 is 17.7 Å². The summed E-state index contributed by atoms with van der Waals surface area (Å²) in [7, 11) is 1.44. The predicted molar refractivity (Wildman–Crippen MR) is 131 cm³/mol. The maximum absolute atomic E-state index is 12.9. The second-order valence-corrected chi connectivity index (χ2v) is 9.21. The van der Waals surface area contributed by atoms with Gasteiger partial charge in [-0.25, -0.2) is 4.98 Å². The molecule has 2 aromatic rings. The quantitative estimate of drug-likeness (QED) is 0.499. The summed E-state index contributed by atoms with van der Waals surface area (Å²) >= 11 is 0. The van der Waals surface area contributed by atoms with Crippen molar-refractivity contribution in [3.05, 3.63) is 53.7 Å². The highest BCUT2D eigenvalue weighted by Gasteiger charge is 2.26. The molecule has 4 rings (SSSR count). The van der Waals surface area contributed by atoms with Gasteiger partial charge in [-0.05, 0) is 81.3 Å². The third-order valence-corrected chi connectivity index (χ3v) is 6.77. The SMILES string of the molecule is COC(=O)CCCN1CCC(CCc2ccc3c(n2)N(C(=O)COc2ccccc2)CCC3)C1. The van der Waals surface area contributed by atoms with E-state index in [2.05, 4.69) is 17.0 Å². The van der Waals surface area contributed by atoms with Gasteiger partial charge in [-0.1, -0.05) is 24.3 Å². The first kappa shape index (κ1) is 24.2. The summed E-state index contributed by atoms with van der Waals surface area (Å²) in [6, 6.07) is 13.7. The second-order valence-electron chi connectivity index (χ2n) is 9.21. The summed E-state index contributed by atoms with van der Waals surface area (Å²) < 4.78 is 10.4. The lowest BCUT2D eigenvalue weighted by molar-refractivity contribution is -0.140. The van der Waals surface area contributed by atoms with Crippen molar-refractivity contribution in [3.8, 4) is 5.75 Å². The van der Waals surface area contributed by atoms with E-state index in [4.69, 9.17) is 14.5 Å². The summed E-state index contributed by atoms with van der Waals surface area (Å²) in [5.41, 5.74) is 2.19. The monoisotopic (exact) mass is 465 g/mol. The highest BCUT2D eigenvalue weighted by molar-refractivity contribution is 5.94. The number of esters is 1. The number of aromatic nitrogens is 1. The third-order valence-electron chi connectivity index (χ3n) is 6.77. The standard InChI is InChI=1S/C27H35N3O4/c1-33-26(32)10-6-16-29-18-15-21(19-29)11-13-23-14-12-22-7-5-17-30(27(22)28-23)25(31)20-34-24-8-3-2-4-9-24/h2-4,8-9,12,14,21H,5-7,10-11,13,15-20H2,1H3. The summed E-state index contributed by atoms with van der Waals surface area (Å²) in [6.07, 6.45) is 6.42. The number of ether oxygens (including phenoxy) is 2. The van der Waals surface area contributed by atoms with Crippen LogP contribution in [0.5, 0.6) is 5.75 Å². The molecule has 7 heteroatoms. The number of methoxy groups -OCH3 is 1. The summed E-state index contributed by atoms with van der Waals surface area (Å²) in [6.45, 7) is 3.82. The van der Waals surface area contributed by atoms with Crippen LogP contribution >= 0.6 is 0 Å². The van der Waals surface area contributed by atoms with Crippen molar-refractivity contribution in [1.29, 1.82) is 0 Å². The maximum Gasteiger partial charge on any atom is 0.305 e. The molecule has 1 saturated heterocycles. The van der Waals surface area contributed by atoms with Gasteiger partial charge in [0.15, 0.2) is 6.61 Å². The number of rotatable bonds is 10. The van der Waals surface area contributed by atoms with E-state index in [0.717, 1.165) is 68.8 Å². The number of fused-ring (bicyclic) bond motifs is 1. The molecule has 0 saturated carbocycles. The molecule has 7 nitrogen and oxygen atoms in total. The molecule has 1 fully saturated rings. The number of aryl methyl sites for hydroxylation is 2. The van der Waals surface area contributed by atoms with Gasteiger partial charge in [0.05, 0.1) is 7.11 Å². The normalized spacial score (nSPS) is 17.9. The Bertz CT molecular complexity index is 966. The van der Waals surface area contributed by atoms with Gasteiger partial charge in [-0.2, -0.15) is 0 Å². The number of pyridine rings is 1. The van der Waals surface area contributed by atoms with Crippen molar-refractivity contribution in [3.63, 3.8) is 0 Å². The van der Waals surface area contributed by atoms with Gasteiger partial charge >= 0.3 is 5.97 Å². The first-order valence-electron chi connectivity index (χ1n) is 12.4. The van der Waals surface area contributed by atoms with Crippen LogP contribution in [0.1, 0.15) is 43.4 Å². The molecule has 34 heavy (non-hydrogen) atoms. The Morgan fingerprint density at radius 1 is 1.12 bits per heavy atom. The number of hydrogen-bond acceptors (Lipinski definition) is 6. The third kappa shape index (κ3) is 6.56. The van der Waals surface area contributed by atoms with Crippen molar-refractivity contribution in [2.24, 2.45) is 5.92 Å². The Labute approximate surface area is 202 Å². The molecule has 0 N–H and O–H groups in total. The molecule has 1 amide bonds. The number of carbonyl (C=O) groups excluding carboxylic acids is 2. The zero-order valence-corrected chi connectivity index (χ0v) is 20.1. The second kappa shape index (κ2) is 12.0. The van der Waals surface area contributed by atoms with E-state index < -0.39 is 0 Å². The van der Waals surface area contributed by atoms with Crippen LogP contribution in [0, 0.1) is 5.92 Å². The van der Waals surface area contributed by atoms with Crippen LogP contribution < -0.4 is 9.64 Å². The molecule has 1 atom stereocenters. The molecule has 0 bridgehead atoms. The number of hydrogen-bond donors (Lipinski definition) is 0. The number of nitrogens with zero attached hydrogens (tertiary/aromatic N) is 3. The Hall–Kier alpha value is -2.93. The number of benzene rings is 1. The van der Waals surface area contributed by atoms with Crippen LogP contribution in [0.4, 0.5) is 5.82 Å². The Morgan fingerprint density at radius 2 is 1.97 bits per heavy atom. The number of anilines is 1. The van der Waals surface area contributed by atoms with E-state index in [9.17, 15) is 9.59 Å². The molecular formula is C27H35N3O4. The molecule has 1 aromatic carbocycles. The van der Waals surface area contributed by atoms with E-state index in [0.29, 0.717) is 24.6 Å². The lowest BCUT2D eigenvalue weighted by Gasteiger charge is -2.28. The van der Waals surface area contributed by atoms with E-state index in [1.54, 1.807) is 4.90 Å². The van der Waals surface area contributed by atoms with Gasteiger partial charge in [0, 0.05) is 25.2 Å². The van der Waals surface area contributed by atoms with Crippen molar-refractivity contribution in [2.75, 3.05) is 44.8 Å². The fourth-order valence-corrected chi connectivity index (χ4v) is 4.85. The molecule has 2 aliphatic rings. The molecule has 2 aliphatic heterocycles. The Balaban J connectivity index is 1.28. The maximum atomic E-state index is 12.9. The molecule has 0 spiro atoms. The summed E-state index contributed by atoms with van der Waals surface area (Å²) in [4.78, 5) is 33.4. The zero-order valence-electron chi connectivity index (χ0n) is 20.1. The zero-order chi connectivity index (χ0) is 23.8. The van der Waals surface area contributed by atoms with E-state index in [-0.39, 0.29) is 18.5 Å². The number of carbonyl (C=O) groups is 2. The first-order chi connectivity index (χ1) is 16.6. The lowest BCUT2D eigenvalue weighted by atomic mass is 9.99. The van der Waals surface area contributed by atoms with Crippen molar-refractivity contribution in [1.82, 2.24) is 9.88 Å². The summed E-state index contributed by atoms with van der Waals surface area (Å²) in [5, 5.41) is 0. The summed E-state index contributed by atoms with van der Waals surface area (Å²) in [5.74, 6) is 1.97. The van der Waals surface area contributed by atoms with Crippen molar-refractivity contribution in [2.45, 2.75) is 44.9 Å². The molecule has 0 radical (unpaired) electrons. The fourth-order valence-electron chi connectivity index (χ4n) is 4.85. The van der Waals surface area contributed by atoms with Gasteiger partial charge in [0.1, 0.15) is 11.6 Å². The van der Waals surface area contributed by atoms with E-state index in [1.807, 2.05) is 30.3 Å². The van der Waals surface area contributed by atoms with Crippen molar-refractivity contribution < 1.29 is 19.1 Å². The average Bonchev–Trinajstić information content (AvgIpc) is 3.33. The molecule has 1 aromatic heterocycles. The molecule has 0 aliphatic carbocycles. The molecule has 3 heterocycles. The number of para-hydroxylation sites is 1. The van der Waals surface area contributed by atoms with Gasteiger partial charge < -0.3 is 14.4 Å². The molecular weight excluding hydrogens is 430 g/mol. The lowest BCUT2D eigenvalue weighted by Crippen LogP contribution is -2.39. The van der Waals surface area contributed by atoms with E-state index >= 15 is 0 Å². The van der Waals surface area contributed by atoms with Crippen LogP contribution in [0.15, 0.2) is 42.5 Å². The van der Waals surface area contributed by atoms with Gasteiger partial charge in [-0.15, -0.1) is 0 Å². The minimum Gasteiger partial charge on any atom is -0.484 e. The minimum atomic E-state index is -0.131. The minimum absolute atomic E-state index is 0.0171. The van der Waals surface area contributed by atoms with E-state index in [1.165, 1.54) is 13.5 Å². The highest BCUT2D eigenvalue weighted by atomic mass is 16.5. The fraction of sp³-hybridized carbons (Fsp3) is 0.519. The van der Waals surface area contributed by atoms with Crippen LogP contribution in [0.25, 0.3) is 0 Å². The van der Waals surface area contributed by atoms with Gasteiger partial charge in [-0.3, -0.25) is 14.5 Å². The van der Waals surface area contributed by atoms with Crippen LogP contribution in [0.3, 0.4) is 0 Å². The van der Waals surface area contributed by atoms with Crippen LogP contribution in [-0.2, 0) is 27.2 Å². The van der Waals surface area contributed by atoms with Crippen LogP contribution in [-0.4, -0.2) is 61.7 Å². The largest absolute Gasteiger partial charge is 0.484 e. The number of likely N-dealkylation sites (tertiary alicyclic amines) is 1. The topological polar surface area (TPSA) is 72.0 Å². The average molecular weight is 466 g/mol. The number of amides is 1. The predicted octanol–water partition coefficient (Wildman–Crippen LogP) is 3.65. The smallest absolute Gasteiger partial charge is 0.305 e. The Kier molecular flexibility index (Phi) is 8.52. The van der Waals surface area contributed by atoms with Gasteiger partial charge in [0.2, 0.25) is 0 Å². The van der Waals surface area contributed by atoms with Crippen LogP contribution in [0.2, 0.25) is 0 Å². The Morgan fingerprint density at radius 3 is 2.79 bits per heavy atom. The highest BCUT2D eigenvalue weighted by Crippen LogP contribution is 2.27. The van der Waals surface area contributed by atoms with Gasteiger partial charge in [0.25, 0.3) is 5.91 Å². The molecule has 182 valence electrons. The first-order valence-corrected chi connectivity index (χ1v) is 12.4.